The number of hydrogen-bond donors (Lipinski definition) is 1. The van der Waals surface area contributed by atoms with E-state index in [4.69, 9.17) is 28.0 Å². The second kappa shape index (κ2) is 7.15. The number of halogens is 6. The number of rotatable bonds is 3. The maximum atomic E-state index is 14.1. The lowest BCUT2D eigenvalue weighted by molar-refractivity contribution is -0.275. The van der Waals surface area contributed by atoms with E-state index in [1.165, 1.54) is 0 Å². The monoisotopic (exact) mass is 447 g/mol. The first-order valence-electron chi connectivity index (χ1n) is 8.89. The Balaban J connectivity index is 1.78. The molecule has 2 aromatic carbocycles. The highest BCUT2D eigenvalue weighted by atomic mass is 35.5. The molecule has 2 aliphatic rings. The van der Waals surface area contributed by atoms with Gasteiger partial charge in [0.2, 0.25) is 0 Å². The van der Waals surface area contributed by atoms with Gasteiger partial charge in [0.15, 0.2) is 5.82 Å². The molecule has 0 saturated carbocycles. The van der Waals surface area contributed by atoms with E-state index in [-0.39, 0.29) is 12.3 Å². The van der Waals surface area contributed by atoms with Crippen molar-refractivity contribution in [3.63, 3.8) is 0 Å². The molecule has 1 aliphatic carbocycles. The number of nitrogens with zero attached hydrogens (tertiary/aromatic N) is 1. The molecule has 0 bridgehead atoms. The van der Waals surface area contributed by atoms with Crippen LogP contribution in [-0.4, -0.2) is 17.0 Å². The van der Waals surface area contributed by atoms with E-state index in [1.54, 1.807) is 12.1 Å². The van der Waals surface area contributed by atoms with E-state index in [2.05, 4.69) is 5.16 Å². The lowest BCUT2D eigenvalue weighted by atomic mass is 9.85. The molecule has 1 N–H and O–H groups in total. The third kappa shape index (κ3) is 3.20. The lowest BCUT2D eigenvalue weighted by Gasteiger charge is -2.30. The van der Waals surface area contributed by atoms with Crippen molar-refractivity contribution < 1.29 is 27.5 Å². The van der Waals surface area contributed by atoms with Crippen molar-refractivity contribution in [2.75, 3.05) is 0 Å². The van der Waals surface area contributed by atoms with Gasteiger partial charge in [-0.15, -0.1) is 0 Å². The zero-order valence-electron chi connectivity index (χ0n) is 14.9. The first-order valence-corrected chi connectivity index (χ1v) is 9.65. The van der Waals surface area contributed by atoms with Crippen molar-refractivity contribution >= 4 is 28.9 Å². The molecular weight excluding hydrogens is 433 g/mol. The molecule has 2 aromatic rings. The summed E-state index contributed by atoms with van der Waals surface area (Å²) in [6.45, 7) is -0.134. The van der Waals surface area contributed by atoms with E-state index >= 15 is 0 Å². The molecule has 0 radical (unpaired) electrons. The van der Waals surface area contributed by atoms with Crippen molar-refractivity contribution in [1.29, 1.82) is 0 Å². The van der Waals surface area contributed by atoms with Gasteiger partial charge in [-0.25, -0.2) is 4.39 Å². The number of oxime groups is 1. The Labute approximate surface area is 173 Å². The summed E-state index contributed by atoms with van der Waals surface area (Å²) in [5, 5.41) is 12.2. The second-order valence-corrected chi connectivity index (χ2v) is 7.94. The van der Waals surface area contributed by atoms with E-state index in [9.17, 15) is 22.7 Å². The molecule has 0 saturated heterocycles. The topological polar surface area (TPSA) is 41.8 Å². The van der Waals surface area contributed by atoms with Crippen molar-refractivity contribution in [2.45, 2.75) is 44.1 Å². The fourth-order valence-corrected chi connectivity index (χ4v) is 4.52. The summed E-state index contributed by atoms with van der Waals surface area (Å²) in [6.07, 6.45) is -3.16. The average Bonchev–Trinajstić information content (AvgIpc) is 3.32. The summed E-state index contributed by atoms with van der Waals surface area (Å²) in [4.78, 5) is 5.00. The Hall–Kier alpha value is -1.83. The van der Waals surface area contributed by atoms with Crippen LogP contribution in [0.3, 0.4) is 0 Å². The van der Waals surface area contributed by atoms with E-state index in [1.807, 2.05) is 0 Å². The third-order valence-corrected chi connectivity index (χ3v) is 6.05. The molecule has 4 rings (SSSR count). The molecule has 1 unspecified atom stereocenters. The van der Waals surface area contributed by atoms with Gasteiger partial charge in [-0.1, -0.05) is 40.5 Å². The number of hydrogen-bond acceptors (Lipinski definition) is 3. The number of aliphatic hydroxyl groups excluding tert-OH is 1. The average molecular weight is 448 g/mol. The van der Waals surface area contributed by atoms with E-state index in [0.717, 1.165) is 41.7 Å². The number of fused-ring (bicyclic) bond motifs is 1. The van der Waals surface area contributed by atoms with Crippen LogP contribution in [0.1, 0.15) is 40.7 Å². The Morgan fingerprint density at radius 3 is 2.38 bits per heavy atom. The van der Waals surface area contributed by atoms with Crippen LogP contribution in [0.15, 0.2) is 29.4 Å². The molecule has 0 fully saturated rings. The fraction of sp³-hybridized carbons (Fsp3) is 0.350. The van der Waals surface area contributed by atoms with Gasteiger partial charge in [0, 0.05) is 17.5 Å². The smallest absolute Gasteiger partial charge is 0.392 e. The highest BCUT2D eigenvalue weighted by Gasteiger charge is 2.62. The summed E-state index contributed by atoms with van der Waals surface area (Å²) < 4.78 is 56.2. The second-order valence-electron chi connectivity index (χ2n) is 7.13. The minimum atomic E-state index is -4.85. The fourth-order valence-electron chi connectivity index (χ4n) is 4.04. The van der Waals surface area contributed by atoms with E-state index in [0.29, 0.717) is 12.0 Å². The highest BCUT2D eigenvalue weighted by Crippen LogP contribution is 2.50. The van der Waals surface area contributed by atoms with Crippen molar-refractivity contribution in [2.24, 2.45) is 5.16 Å². The molecular formula is C20H15Cl2F4NO2. The number of benzene rings is 2. The van der Waals surface area contributed by atoms with Gasteiger partial charge in [-0.05, 0) is 48.1 Å². The lowest BCUT2D eigenvalue weighted by Crippen LogP contribution is -2.42. The van der Waals surface area contributed by atoms with Gasteiger partial charge in [-0.2, -0.15) is 13.2 Å². The summed E-state index contributed by atoms with van der Waals surface area (Å²) in [5.41, 5.74) is 0.0762. The molecule has 1 aliphatic heterocycles. The molecule has 9 heteroatoms. The van der Waals surface area contributed by atoms with Gasteiger partial charge in [0.1, 0.15) is 0 Å². The van der Waals surface area contributed by atoms with Crippen LogP contribution in [0.5, 0.6) is 0 Å². The first-order chi connectivity index (χ1) is 13.7. The van der Waals surface area contributed by atoms with E-state index < -0.39 is 39.6 Å². The zero-order valence-corrected chi connectivity index (χ0v) is 16.4. The van der Waals surface area contributed by atoms with Crippen LogP contribution in [0.2, 0.25) is 10.0 Å². The van der Waals surface area contributed by atoms with Crippen LogP contribution < -0.4 is 0 Å². The molecule has 154 valence electrons. The third-order valence-electron chi connectivity index (χ3n) is 5.50. The molecule has 0 spiro atoms. The molecule has 1 atom stereocenters. The normalized spacial score (nSPS) is 21.1. The zero-order chi connectivity index (χ0) is 21.0. The molecule has 1 heterocycles. The van der Waals surface area contributed by atoms with Gasteiger partial charge in [-0.3, -0.25) is 0 Å². The Morgan fingerprint density at radius 1 is 1.10 bits per heavy atom. The number of aliphatic hydroxyl groups is 1. The van der Waals surface area contributed by atoms with Gasteiger partial charge in [0.05, 0.1) is 22.4 Å². The maximum absolute atomic E-state index is 14.1. The summed E-state index contributed by atoms with van der Waals surface area (Å²) in [7, 11) is 0. The summed E-state index contributed by atoms with van der Waals surface area (Å²) in [5.74, 6) is -0.994. The molecule has 0 aromatic heterocycles. The summed E-state index contributed by atoms with van der Waals surface area (Å²) in [6, 6.07) is 5.10. The van der Waals surface area contributed by atoms with Crippen LogP contribution in [0, 0.1) is 5.82 Å². The van der Waals surface area contributed by atoms with Crippen molar-refractivity contribution in [3.05, 3.63) is 67.9 Å². The number of alkyl halides is 3. The van der Waals surface area contributed by atoms with Crippen molar-refractivity contribution in [3.8, 4) is 0 Å². The standard InChI is InChI=1S/C20H15Cl2F4NO2/c21-15-6-11(7-16(22)18(15)23)19(20(24,25)26)8-17(27-29-19)14-5-4-10(9-28)12-2-1-3-13(12)14/h4-7,28H,1-3,8-9H2. The minimum absolute atomic E-state index is 0.134. The van der Waals surface area contributed by atoms with Crippen molar-refractivity contribution in [1.82, 2.24) is 0 Å². The predicted molar refractivity (Wildman–Crippen MR) is 101 cm³/mol. The Bertz CT molecular complexity index is 999. The Morgan fingerprint density at radius 2 is 1.76 bits per heavy atom. The summed E-state index contributed by atoms with van der Waals surface area (Å²) >= 11 is 11.5. The van der Waals surface area contributed by atoms with Gasteiger partial charge in [0.25, 0.3) is 5.60 Å². The van der Waals surface area contributed by atoms with Crippen LogP contribution in [0.25, 0.3) is 0 Å². The Kier molecular flexibility index (Phi) is 5.04. The molecule has 0 amide bonds. The largest absolute Gasteiger partial charge is 0.435 e. The van der Waals surface area contributed by atoms with Gasteiger partial charge < -0.3 is 9.94 Å². The SMILES string of the molecule is OCc1ccc(C2=NOC(c3cc(Cl)c(F)c(Cl)c3)(C(F)(F)F)C2)c2c1CCC2. The van der Waals surface area contributed by atoms with Crippen LogP contribution in [-0.2, 0) is 29.9 Å². The van der Waals surface area contributed by atoms with Gasteiger partial charge >= 0.3 is 6.18 Å². The first kappa shape index (κ1) is 20.4. The molecule has 3 nitrogen and oxygen atoms in total. The van der Waals surface area contributed by atoms with Crippen LogP contribution >= 0.6 is 23.2 Å². The highest BCUT2D eigenvalue weighted by molar-refractivity contribution is 6.35. The van der Waals surface area contributed by atoms with Crippen LogP contribution in [0.4, 0.5) is 17.6 Å². The predicted octanol–water partition coefficient (Wildman–Crippen LogP) is 5.70. The minimum Gasteiger partial charge on any atom is -0.392 e. The quantitative estimate of drug-likeness (QED) is 0.484. The maximum Gasteiger partial charge on any atom is 0.435 e. The molecule has 29 heavy (non-hydrogen) atoms.